The molecule has 1 aromatic heterocycles. The van der Waals surface area contributed by atoms with Crippen molar-refractivity contribution in [1.29, 1.82) is 0 Å². The fraction of sp³-hybridized carbons (Fsp3) is 0.800. The summed E-state index contributed by atoms with van der Waals surface area (Å²) in [4.78, 5) is 10.9. The number of halogens is 1. The van der Waals surface area contributed by atoms with Gasteiger partial charge in [-0.05, 0) is 44.6 Å². The second-order valence-corrected chi connectivity index (χ2v) is 7.77. The van der Waals surface area contributed by atoms with Gasteiger partial charge < -0.3 is 5.73 Å². The zero-order chi connectivity index (χ0) is 13.5. The van der Waals surface area contributed by atoms with Gasteiger partial charge in [-0.3, -0.25) is 9.80 Å². The molecule has 2 saturated heterocycles. The number of nitrogens with zero attached hydrogens (tertiary/aromatic N) is 3. The zero-order valence-corrected chi connectivity index (χ0v) is 14.0. The summed E-state index contributed by atoms with van der Waals surface area (Å²) < 4.78 is 0. The number of rotatable bonds is 3. The average Bonchev–Trinajstić information content (AvgIpc) is 3.22. The molecule has 2 N–H and O–H groups in total. The van der Waals surface area contributed by atoms with Crippen molar-refractivity contribution < 1.29 is 0 Å². The van der Waals surface area contributed by atoms with Crippen LogP contribution in [0.4, 0.5) is 5.13 Å². The van der Waals surface area contributed by atoms with Gasteiger partial charge in [-0.1, -0.05) is 0 Å². The number of thiazole rings is 1. The molecule has 2 unspecified atom stereocenters. The van der Waals surface area contributed by atoms with Gasteiger partial charge in [-0.25, -0.2) is 4.98 Å². The fourth-order valence-electron chi connectivity index (χ4n) is 4.14. The van der Waals surface area contributed by atoms with Gasteiger partial charge in [0, 0.05) is 42.8 Å². The van der Waals surface area contributed by atoms with Crippen LogP contribution in [-0.2, 0) is 6.54 Å². The van der Waals surface area contributed by atoms with E-state index in [0.29, 0.717) is 5.13 Å². The molecule has 1 aromatic rings. The number of hydrogen-bond acceptors (Lipinski definition) is 5. The highest BCUT2D eigenvalue weighted by atomic mass is 35.5. The standard InChI is InChI=1S/C15H24N4S.ClH/c16-15-17-8-13(20-15)10-18-7-5-14-11(9-18)2-1-6-19(14)12-3-4-12;/h8,11-12,14H,1-7,9-10H2,(H2,16,17);1H. The molecular weight excluding hydrogens is 304 g/mol. The van der Waals surface area contributed by atoms with Crippen LogP contribution in [0, 0.1) is 5.92 Å². The second-order valence-electron chi connectivity index (χ2n) is 6.63. The first kappa shape index (κ1) is 15.5. The number of likely N-dealkylation sites (tertiary alicyclic amines) is 2. The molecule has 0 radical (unpaired) electrons. The van der Waals surface area contributed by atoms with E-state index in [1.165, 1.54) is 56.6 Å². The summed E-state index contributed by atoms with van der Waals surface area (Å²) in [5.74, 6) is 0.892. The Morgan fingerprint density at radius 2 is 2.10 bits per heavy atom. The van der Waals surface area contributed by atoms with Gasteiger partial charge in [0.2, 0.25) is 0 Å². The second kappa shape index (κ2) is 6.41. The first-order valence-corrected chi connectivity index (χ1v) is 8.79. The highest BCUT2D eigenvalue weighted by molar-refractivity contribution is 7.15. The summed E-state index contributed by atoms with van der Waals surface area (Å²) in [7, 11) is 0. The predicted octanol–water partition coefficient (Wildman–Crippen LogP) is 2.60. The van der Waals surface area contributed by atoms with Crippen molar-refractivity contribution in [2.45, 2.75) is 50.7 Å². The first-order valence-electron chi connectivity index (χ1n) is 7.98. The van der Waals surface area contributed by atoms with Crippen LogP contribution in [-0.4, -0.2) is 46.5 Å². The summed E-state index contributed by atoms with van der Waals surface area (Å²) in [6.45, 7) is 4.91. The van der Waals surface area contributed by atoms with Gasteiger partial charge in [-0.2, -0.15) is 0 Å². The molecule has 0 aromatic carbocycles. The van der Waals surface area contributed by atoms with Crippen molar-refractivity contribution in [2.75, 3.05) is 25.4 Å². The molecule has 3 fully saturated rings. The zero-order valence-electron chi connectivity index (χ0n) is 12.4. The van der Waals surface area contributed by atoms with Crippen molar-refractivity contribution in [3.05, 3.63) is 11.1 Å². The predicted molar refractivity (Wildman–Crippen MR) is 89.9 cm³/mol. The van der Waals surface area contributed by atoms with Crippen LogP contribution in [0.25, 0.3) is 0 Å². The van der Waals surface area contributed by atoms with Crippen molar-refractivity contribution in [3.63, 3.8) is 0 Å². The molecule has 0 bridgehead atoms. The highest BCUT2D eigenvalue weighted by Crippen LogP contribution is 2.38. The number of hydrogen-bond donors (Lipinski definition) is 1. The van der Waals surface area contributed by atoms with Crippen molar-refractivity contribution in [3.8, 4) is 0 Å². The number of piperidine rings is 2. The Kier molecular flexibility index (Phi) is 4.74. The number of fused-ring (bicyclic) bond motifs is 1. The SMILES string of the molecule is Cl.Nc1ncc(CN2CCC3C(CCCN3C3CC3)C2)s1. The Bertz CT molecular complexity index is 476. The number of nitrogens with two attached hydrogens (primary N) is 1. The molecule has 21 heavy (non-hydrogen) atoms. The summed E-state index contributed by atoms with van der Waals surface area (Å²) in [6, 6.07) is 1.81. The molecule has 4 rings (SSSR count). The van der Waals surface area contributed by atoms with E-state index in [-0.39, 0.29) is 12.4 Å². The molecular formula is C15H25ClN4S. The maximum Gasteiger partial charge on any atom is 0.180 e. The lowest BCUT2D eigenvalue weighted by molar-refractivity contribution is 0.0157. The van der Waals surface area contributed by atoms with Gasteiger partial charge in [0.1, 0.15) is 0 Å². The van der Waals surface area contributed by atoms with E-state index >= 15 is 0 Å². The lowest BCUT2D eigenvalue weighted by atomic mass is 9.83. The highest BCUT2D eigenvalue weighted by Gasteiger charge is 2.41. The maximum absolute atomic E-state index is 5.73. The summed E-state index contributed by atoms with van der Waals surface area (Å²) >= 11 is 1.64. The van der Waals surface area contributed by atoms with E-state index in [1.807, 2.05) is 6.20 Å². The van der Waals surface area contributed by atoms with Crippen molar-refractivity contribution in [2.24, 2.45) is 5.92 Å². The molecule has 3 heterocycles. The van der Waals surface area contributed by atoms with Gasteiger partial charge >= 0.3 is 0 Å². The third-order valence-corrected chi connectivity index (χ3v) is 5.97. The van der Waals surface area contributed by atoms with E-state index in [0.717, 1.165) is 24.5 Å². The van der Waals surface area contributed by atoms with Gasteiger partial charge in [0.05, 0.1) is 0 Å². The molecule has 0 spiro atoms. The van der Waals surface area contributed by atoms with Crippen LogP contribution in [0.3, 0.4) is 0 Å². The van der Waals surface area contributed by atoms with Crippen molar-refractivity contribution >= 4 is 28.9 Å². The van der Waals surface area contributed by atoms with Gasteiger partial charge in [-0.15, -0.1) is 23.7 Å². The lowest BCUT2D eigenvalue weighted by Crippen LogP contribution is -2.54. The molecule has 2 aliphatic heterocycles. The molecule has 4 nitrogen and oxygen atoms in total. The average molecular weight is 329 g/mol. The van der Waals surface area contributed by atoms with E-state index in [1.54, 1.807) is 11.3 Å². The Hall–Kier alpha value is -0.360. The van der Waals surface area contributed by atoms with Crippen molar-refractivity contribution in [1.82, 2.24) is 14.8 Å². The Morgan fingerprint density at radius 3 is 2.81 bits per heavy atom. The first-order chi connectivity index (χ1) is 9.79. The lowest BCUT2D eigenvalue weighted by Gasteiger charge is -2.47. The maximum atomic E-state index is 5.73. The minimum absolute atomic E-state index is 0. The molecule has 6 heteroatoms. The van der Waals surface area contributed by atoms with E-state index in [9.17, 15) is 0 Å². The molecule has 118 valence electrons. The van der Waals surface area contributed by atoms with Gasteiger partial charge in [0.25, 0.3) is 0 Å². The van der Waals surface area contributed by atoms with E-state index < -0.39 is 0 Å². The quantitative estimate of drug-likeness (QED) is 0.926. The topological polar surface area (TPSA) is 45.4 Å². The summed E-state index contributed by atoms with van der Waals surface area (Å²) in [5.41, 5.74) is 5.73. The minimum Gasteiger partial charge on any atom is -0.375 e. The number of aromatic nitrogens is 1. The van der Waals surface area contributed by atoms with E-state index in [4.69, 9.17) is 5.73 Å². The van der Waals surface area contributed by atoms with Gasteiger partial charge in [0.15, 0.2) is 5.13 Å². The molecule has 2 atom stereocenters. The Labute approximate surface area is 137 Å². The van der Waals surface area contributed by atoms with Crippen LogP contribution in [0.5, 0.6) is 0 Å². The molecule has 1 saturated carbocycles. The number of anilines is 1. The normalized spacial score (nSPS) is 30.7. The Balaban J connectivity index is 0.00000132. The molecule has 0 amide bonds. The van der Waals surface area contributed by atoms with Crippen LogP contribution in [0.2, 0.25) is 0 Å². The smallest absolute Gasteiger partial charge is 0.180 e. The van der Waals surface area contributed by atoms with Crippen LogP contribution in [0.15, 0.2) is 6.20 Å². The Morgan fingerprint density at radius 1 is 1.24 bits per heavy atom. The van der Waals surface area contributed by atoms with Crippen LogP contribution < -0.4 is 5.73 Å². The minimum atomic E-state index is 0. The molecule has 3 aliphatic rings. The van der Waals surface area contributed by atoms with Crippen LogP contribution in [0.1, 0.15) is 37.0 Å². The molecule has 1 aliphatic carbocycles. The van der Waals surface area contributed by atoms with E-state index in [2.05, 4.69) is 14.8 Å². The summed E-state index contributed by atoms with van der Waals surface area (Å²) in [6.07, 6.45) is 9.04. The summed E-state index contributed by atoms with van der Waals surface area (Å²) in [5, 5.41) is 0.701. The largest absolute Gasteiger partial charge is 0.375 e. The monoisotopic (exact) mass is 328 g/mol. The third-order valence-electron chi connectivity index (χ3n) is 5.16. The third kappa shape index (κ3) is 3.36. The van der Waals surface area contributed by atoms with Crippen LogP contribution >= 0.6 is 23.7 Å². The fourth-order valence-corrected chi connectivity index (χ4v) is 4.86. The number of nitrogen functional groups attached to an aromatic ring is 1.